The number of imidazole rings is 1. The van der Waals surface area contributed by atoms with Crippen LogP contribution >= 0.6 is 11.3 Å². The van der Waals surface area contributed by atoms with Gasteiger partial charge in [-0.15, -0.1) is 11.3 Å². The van der Waals surface area contributed by atoms with Crippen molar-refractivity contribution < 1.29 is 9.53 Å². The number of thiazole rings is 1. The summed E-state index contributed by atoms with van der Waals surface area (Å²) in [7, 11) is 0. The Labute approximate surface area is 179 Å². The van der Waals surface area contributed by atoms with Gasteiger partial charge in [0.1, 0.15) is 18.0 Å². The summed E-state index contributed by atoms with van der Waals surface area (Å²) in [6.45, 7) is 6.93. The molecule has 154 valence electrons. The molecule has 1 amide bonds. The van der Waals surface area contributed by atoms with Gasteiger partial charge in [0.15, 0.2) is 0 Å². The van der Waals surface area contributed by atoms with Crippen molar-refractivity contribution in [2.45, 2.75) is 39.8 Å². The minimum Gasteiger partial charge on any atom is -0.486 e. The van der Waals surface area contributed by atoms with Gasteiger partial charge in [0.2, 0.25) is 0 Å². The van der Waals surface area contributed by atoms with Crippen LogP contribution in [0.15, 0.2) is 54.2 Å². The van der Waals surface area contributed by atoms with Crippen LogP contribution < -0.4 is 10.1 Å². The number of hydrogen-bond donors (Lipinski definition) is 1. The van der Waals surface area contributed by atoms with Gasteiger partial charge in [0.25, 0.3) is 5.91 Å². The molecule has 0 aliphatic carbocycles. The number of para-hydroxylation sites is 1. The van der Waals surface area contributed by atoms with E-state index in [1.165, 1.54) is 0 Å². The Balaban J connectivity index is 1.43. The van der Waals surface area contributed by atoms with Crippen LogP contribution in [0.2, 0.25) is 0 Å². The van der Waals surface area contributed by atoms with Gasteiger partial charge in [-0.05, 0) is 30.7 Å². The highest BCUT2D eigenvalue weighted by atomic mass is 32.1. The number of nitrogens with zero attached hydrogens (tertiary/aromatic N) is 3. The van der Waals surface area contributed by atoms with Crippen LogP contribution in [0.3, 0.4) is 0 Å². The molecule has 6 nitrogen and oxygen atoms in total. The van der Waals surface area contributed by atoms with Crippen LogP contribution in [0.1, 0.15) is 52.1 Å². The van der Waals surface area contributed by atoms with Crippen molar-refractivity contribution >= 4 is 22.9 Å². The van der Waals surface area contributed by atoms with Crippen molar-refractivity contribution in [1.82, 2.24) is 19.7 Å². The van der Waals surface area contributed by atoms with Gasteiger partial charge >= 0.3 is 0 Å². The molecule has 0 atom stereocenters. The fourth-order valence-electron chi connectivity index (χ4n) is 3.14. The van der Waals surface area contributed by atoms with E-state index in [-0.39, 0.29) is 12.5 Å². The number of pyridine rings is 1. The summed E-state index contributed by atoms with van der Waals surface area (Å²) in [6.07, 6.45) is 3.91. The molecule has 0 spiro atoms. The van der Waals surface area contributed by atoms with Gasteiger partial charge in [0, 0.05) is 23.7 Å². The highest BCUT2D eigenvalue weighted by molar-refractivity contribution is 7.09. The van der Waals surface area contributed by atoms with Gasteiger partial charge in [-0.2, -0.15) is 0 Å². The fraction of sp³-hybridized carbons (Fsp3) is 0.261. The van der Waals surface area contributed by atoms with Crippen molar-refractivity contribution in [2.75, 3.05) is 0 Å². The Hall–Kier alpha value is -3.19. The Morgan fingerprint density at radius 2 is 2.00 bits per heavy atom. The highest BCUT2D eigenvalue weighted by Gasteiger charge is 2.14. The van der Waals surface area contributed by atoms with Crippen LogP contribution in [-0.4, -0.2) is 20.3 Å². The summed E-state index contributed by atoms with van der Waals surface area (Å²) < 4.78 is 7.93. The first-order valence-corrected chi connectivity index (χ1v) is 10.8. The number of nitrogens with one attached hydrogen (secondary N) is 1. The molecule has 1 aromatic carbocycles. The number of carbonyl (C=O) groups is 1. The van der Waals surface area contributed by atoms with Crippen LogP contribution in [0.4, 0.5) is 0 Å². The lowest BCUT2D eigenvalue weighted by Gasteiger charge is -2.10. The third-order valence-electron chi connectivity index (χ3n) is 4.73. The van der Waals surface area contributed by atoms with Crippen LogP contribution in [0.5, 0.6) is 5.75 Å². The molecule has 30 heavy (non-hydrogen) atoms. The zero-order chi connectivity index (χ0) is 21.1. The van der Waals surface area contributed by atoms with Crippen molar-refractivity contribution in [2.24, 2.45) is 0 Å². The van der Waals surface area contributed by atoms with Crippen molar-refractivity contribution in [3.63, 3.8) is 0 Å². The van der Waals surface area contributed by atoms with Gasteiger partial charge in [-0.3, -0.25) is 4.79 Å². The minimum absolute atomic E-state index is 0.185. The Kier molecular flexibility index (Phi) is 5.81. The third kappa shape index (κ3) is 4.36. The SMILES string of the molecule is Cc1cccn2cc(COc3ccccc3C(=O)NCc3csc(C(C)C)n3)nc12. The van der Waals surface area contributed by atoms with Crippen LogP contribution in [0.25, 0.3) is 5.65 Å². The third-order valence-corrected chi connectivity index (χ3v) is 5.92. The van der Waals surface area contributed by atoms with Gasteiger partial charge in [-0.1, -0.05) is 32.0 Å². The lowest BCUT2D eigenvalue weighted by molar-refractivity contribution is 0.0946. The molecule has 3 heterocycles. The molecule has 0 bridgehead atoms. The highest BCUT2D eigenvalue weighted by Crippen LogP contribution is 2.21. The van der Waals surface area contributed by atoms with E-state index in [0.717, 1.165) is 27.6 Å². The quantitative estimate of drug-likeness (QED) is 0.469. The van der Waals surface area contributed by atoms with E-state index in [9.17, 15) is 4.79 Å². The maximum Gasteiger partial charge on any atom is 0.255 e. The summed E-state index contributed by atoms with van der Waals surface area (Å²) in [6, 6.07) is 11.3. The van der Waals surface area contributed by atoms with Gasteiger partial charge < -0.3 is 14.5 Å². The average molecular weight is 421 g/mol. The maximum absolute atomic E-state index is 12.7. The van der Waals surface area contributed by atoms with Gasteiger partial charge in [0.05, 0.1) is 28.5 Å². The summed E-state index contributed by atoms with van der Waals surface area (Å²) in [5.41, 5.74) is 4.19. The molecule has 0 saturated carbocycles. The number of aryl methyl sites for hydroxylation is 1. The summed E-state index contributed by atoms with van der Waals surface area (Å²) >= 11 is 1.62. The predicted octanol–water partition coefficient (Wildman–Crippen LogP) is 4.73. The first kappa shape index (κ1) is 20.1. The van der Waals surface area contributed by atoms with Crippen molar-refractivity contribution in [1.29, 1.82) is 0 Å². The maximum atomic E-state index is 12.7. The molecule has 3 aromatic heterocycles. The number of rotatable bonds is 7. The zero-order valence-corrected chi connectivity index (χ0v) is 18.1. The smallest absolute Gasteiger partial charge is 0.255 e. The molecule has 0 aliphatic rings. The molecule has 0 unspecified atom stereocenters. The lowest BCUT2D eigenvalue weighted by Crippen LogP contribution is -2.23. The molecule has 0 radical (unpaired) electrons. The van der Waals surface area contributed by atoms with E-state index in [0.29, 0.717) is 23.8 Å². The summed E-state index contributed by atoms with van der Waals surface area (Å²) in [4.78, 5) is 21.9. The topological polar surface area (TPSA) is 68.5 Å². The number of carbonyl (C=O) groups excluding carboxylic acids is 1. The number of amides is 1. The van der Waals surface area contributed by atoms with E-state index < -0.39 is 0 Å². The largest absolute Gasteiger partial charge is 0.486 e. The molecular formula is C23H24N4O2S. The molecular weight excluding hydrogens is 396 g/mol. The second-order valence-electron chi connectivity index (χ2n) is 7.45. The number of ether oxygens (including phenoxy) is 1. The van der Waals surface area contributed by atoms with Crippen LogP contribution in [0, 0.1) is 6.92 Å². The standard InChI is InChI=1S/C23H24N4O2S/c1-15(2)23-26-17(14-30-23)11-24-22(28)19-8-4-5-9-20(19)29-13-18-12-27-10-6-7-16(3)21(27)25-18/h4-10,12,14-15H,11,13H2,1-3H3,(H,24,28). The van der Waals surface area contributed by atoms with E-state index in [4.69, 9.17) is 4.74 Å². The molecule has 7 heteroatoms. The van der Waals surface area contributed by atoms with Crippen LogP contribution in [-0.2, 0) is 13.2 Å². The number of fused-ring (bicyclic) bond motifs is 1. The average Bonchev–Trinajstić information content (AvgIpc) is 3.38. The molecule has 1 N–H and O–H groups in total. The van der Waals surface area contributed by atoms with E-state index in [1.807, 2.05) is 53.4 Å². The molecule has 0 saturated heterocycles. The normalized spacial score (nSPS) is 11.2. The van der Waals surface area contributed by atoms with E-state index in [2.05, 4.69) is 29.1 Å². The lowest BCUT2D eigenvalue weighted by atomic mass is 10.2. The molecule has 0 aliphatic heterocycles. The minimum atomic E-state index is -0.185. The zero-order valence-electron chi connectivity index (χ0n) is 17.3. The monoisotopic (exact) mass is 420 g/mol. The number of aromatic nitrogens is 3. The van der Waals surface area contributed by atoms with Gasteiger partial charge in [-0.25, -0.2) is 9.97 Å². The molecule has 4 aromatic rings. The first-order valence-electron chi connectivity index (χ1n) is 9.89. The molecule has 4 rings (SSSR count). The second-order valence-corrected chi connectivity index (χ2v) is 8.34. The fourth-order valence-corrected chi connectivity index (χ4v) is 3.98. The molecule has 0 fully saturated rings. The first-order chi connectivity index (χ1) is 14.5. The Bertz CT molecular complexity index is 1180. The Morgan fingerprint density at radius 3 is 2.77 bits per heavy atom. The number of hydrogen-bond acceptors (Lipinski definition) is 5. The van der Waals surface area contributed by atoms with Crippen molar-refractivity contribution in [3.8, 4) is 5.75 Å². The van der Waals surface area contributed by atoms with E-state index in [1.54, 1.807) is 23.5 Å². The van der Waals surface area contributed by atoms with Crippen molar-refractivity contribution in [3.05, 3.63) is 81.7 Å². The second kappa shape index (κ2) is 8.67. The number of benzene rings is 1. The Morgan fingerprint density at radius 1 is 1.17 bits per heavy atom. The summed E-state index contributed by atoms with van der Waals surface area (Å²) in [5, 5.41) is 6.00. The van der Waals surface area contributed by atoms with E-state index >= 15 is 0 Å². The predicted molar refractivity (Wildman–Crippen MR) is 118 cm³/mol. The summed E-state index contributed by atoms with van der Waals surface area (Å²) in [5.74, 6) is 0.734.